The maximum absolute atomic E-state index is 4.93. The second-order valence-corrected chi connectivity index (χ2v) is 19.7. The molecule has 6 rings (SSSR count). The summed E-state index contributed by atoms with van der Waals surface area (Å²) >= 11 is -0.826. The molecule has 0 aromatic heterocycles. The predicted octanol–water partition coefficient (Wildman–Crippen LogP) is 15.1. The van der Waals surface area contributed by atoms with Gasteiger partial charge >= 0.3 is 37.9 Å². The van der Waals surface area contributed by atoms with E-state index < -0.39 is 20.8 Å². The number of fused-ring (bicyclic) bond motifs is 2. The summed E-state index contributed by atoms with van der Waals surface area (Å²) < 4.78 is 0. The minimum absolute atomic E-state index is 0.140. The number of hydrogen-bond donors (Lipinski definition) is 0. The first-order chi connectivity index (χ1) is 23.8. The Balaban J connectivity index is 0.000000234. The van der Waals surface area contributed by atoms with Gasteiger partial charge in [-0.25, -0.2) is 0 Å². The average molecular weight is 799 g/mol. The van der Waals surface area contributed by atoms with E-state index in [-0.39, 0.29) is 10.8 Å². The molecule has 262 valence electrons. The van der Waals surface area contributed by atoms with E-state index in [4.69, 9.17) is 17.0 Å². The van der Waals surface area contributed by atoms with Crippen molar-refractivity contribution in [2.45, 2.75) is 105 Å². The molecule has 0 amide bonds. The minimum atomic E-state index is -0.826. The molecule has 0 unspecified atom stereocenters. The quantitative estimate of drug-likeness (QED) is 0.116. The third-order valence-electron chi connectivity index (χ3n) is 8.72. The normalized spacial score (nSPS) is 11.1. The summed E-state index contributed by atoms with van der Waals surface area (Å²) in [5.41, 5.74) is 11.5. The van der Waals surface area contributed by atoms with Crippen LogP contribution in [-0.4, -0.2) is 9.52 Å². The van der Waals surface area contributed by atoms with E-state index in [1.165, 1.54) is 78.9 Å². The van der Waals surface area contributed by atoms with E-state index in [0.29, 0.717) is 0 Å². The van der Waals surface area contributed by atoms with Gasteiger partial charge in [0.15, 0.2) is 0 Å². The van der Waals surface area contributed by atoms with Gasteiger partial charge in [0, 0.05) is 9.52 Å². The molecule has 6 aromatic rings. The summed E-state index contributed by atoms with van der Waals surface area (Å²) in [7, 11) is 11.0. The van der Waals surface area contributed by atoms with Gasteiger partial charge in [0.25, 0.3) is 0 Å². The van der Waals surface area contributed by atoms with Crippen molar-refractivity contribution < 1.29 is 20.8 Å². The van der Waals surface area contributed by atoms with Gasteiger partial charge < -0.3 is 0 Å². The first kappa shape index (κ1) is 42.2. The zero-order valence-corrected chi connectivity index (χ0v) is 36.9. The van der Waals surface area contributed by atoms with Crippen molar-refractivity contribution in [3.63, 3.8) is 0 Å². The Morgan fingerprint density at radius 2 is 0.880 bits per heavy atom. The predicted molar refractivity (Wildman–Crippen MR) is 225 cm³/mol. The van der Waals surface area contributed by atoms with Crippen molar-refractivity contribution in [2.75, 3.05) is 0 Å². The monoisotopic (exact) mass is 796 g/mol. The summed E-state index contributed by atoms with van der Waals surface area (Å²) in [6.45, 7) is 22.6. The second kappa shape index (κ2) is 20.1. The summed E-state index contributed by atoms with van der Waals surface area (Å²) in [6, 6.07) is 40.4. The van der Waals surface area contributed by atoms with Crippen molar-refractivity contribution in [1.29, 1.82) is 0 Å². The van der Waals surface area contributed by atoms with Gasteiger partial charge in [0.1, 0.15) is 0 Å². The Morgan fingerprint density at radius 1 is 0.560 bits per heavy atom. The van der Waals surface area contributed by atoms with Crippen molar-refractivity contribution in [2.24, 2.45) is 0 Å². The number of halogens is 2. The summed E-state index contributed by atoms with van der Waals surface area (Å²) in [4.78, 5) is 0. The Morgan fingerprint density at radius 3 is 1.16 bits per heavy atom. The molecular weight excluding hydrogens is 743 g/mol. The van der Waals surface area contributed by atoms with Gasteiger partial charge in [-0.3, -0.25) is 0 Å². The van der Waals surface area contributed by atoms with Crippen LogP contribution in [0.4, 0.5) is 0 Å². The Kier molecular flexibility index (Phi) is 17.0. The van der Waals surface area contributed by atoms with Crippen LogP contribution in [0.5, 0.6) is 0 Å². The van der Waals surface area contributed by atoms with E-state index in [9.17, 15) is 0 Å². The molecule has 0 N–H and O–H groups in total. The Hall–Kier alpha value is -2.22. The van der Waals surface area contributed by atoms with Gasteiger partial charge in [-0.2, -0.15) is 12.1 Å². The van der Waals surface area contributed by atoms with Crippen LogP contribution in [0.25, 0.3) is 43.8 Å². The first-order valence-corrected chi connectivity index (χ1v) is 26.3. The van der Waals surface area contributed by atoms with Crippen LogP contribution >= 0.6 is 17.0 Å². The Bertz CT molecular complexity index is 1730. The van der Waals surface area contributed by atoms with Crippen LogP contribution in [0, 0.1) is 0 Å². The van der Waals surface area contributed by atoms with Gasteiger partial charge in [-0.05, 0) is 34.8 Å². The number of benzene rings is 4. The molecule has 0 nitrogen and oxygen atoms in total. The molecule has 0 saturated carbocycles. The third kappa shape index (κ3) is 11.4. The summed E-state index contributed by atoms with van der Waals surface area (Å²) in [5.74, 6) is 0. The van der Waals surface area contributed by atoms with Gasteiger partial charge in [-0.15, -0.1) is 69.1 Å². The molecule has 0 bridgehead atoms. The molecule has 6 aromatic carbocycles. The first-order valence-electron chi connectivity index (χ1n) is 18.0. The molecule has 0 aliphatic rings. The van der Waals surface area contributed by atoms with Crippen LogP contribution < -0.4 is 0 Å². The van der Waals surface area contributed by atoms with Gasteiger partial charge in [0.05, 0.1) is 0 Å². The fraction of sp³-hybridized carbons (Fsp3) is 0.348. The van der Waals surface area contributed by atoms with Gasteiger partial charge in [0.2, 0.25) is 0 Å². The fourth-order valence-corrected chi connectivity index (χ4v) is 6.64. The molecule has 0 fully saturated rings. The van der Waals surface area contributed by atoms with Crippen molar-refractivity contribution in [1.82, 2.24) is 0 Å². The molecule has 0 atom stereocenters. The van der Waals surface area contributed by atoms with Crippen molar-refractivity contribution in [3.05, 3.63) is 131 Å². The van der Waals surface area contributed by atoms with Crippen LogP contribution in [-0.2, 0) is 44.5 Å². The zero-order valence-electron chi connectivity index (χ0n) is 32.0. The molecule has 0 aliphatic carbocycles. The second-order valence-electron chi connectivity index (χ2n) is 15.0. The van der Waals surface area contributed by atoms with E-state index in [2.05, 4.69) is 178 Å². The molecule has 0 heterocycles. The number of hydrogen-bond acceptors (Lipinski definition) is 0. The Labute approximate surface area is 325 Å². The van der Waals surface area contributed by atoms with Crippen LogP contribution in [0.1, 0.15) is 90.5 Å². The molecular formula is C46H56Cl2SiZr. The van der Waals surface area contributed by atoms with Crippen molar-refractivity contribution >= 4 is 48.1 Å². The SMILES string of the molecule is CCCc1cc2c(-c3ccccc3)c(C(C)(C)C)ccc2[cH-]1.CCCc1cc2c(-c3ccccc3)c(C(C)(C)C)ccc2[cH-]1.C[Si]C.[Cl][Zr+2][Cl]. The van der Waals surface area contributed by atoms with Crippen molar-refractivity contribution in [3.8, 4) is 22.3 Å². The van der Waals surface area contributed by atoms with E-state index in [0.717, 1.165) is 22.4 Å². The van der Waals surface area contributed by atoms with E-state index in [1.807, 2.05) is 0 Å². The van der Waals surface area contributed by atoms with Crippen LogP contribution in [0.15, 0.2) is 109 Å². The number of aryl methyl sites for hydroxylation is 2. The molecule has 0 spiro atoms. The molecule has 2 radical (unpaired) electrons. The van der Waals surface area contributed by atoms with Crippen LogP contribution in [0.2, 0.25) is 13.1 Å². The van der Waals surface area contributed by atoms with E-state index in [1.54, 1.807) is 0 Å². The molecule has 0 saturated heterocycles. The number of rotatable bonds is 6. The zero-order chi connectivity index (χ0) is 36.9. The van der Waals surface area contributed by atoms with E-state index >= 15 is 0 Å². The molecule has 0 aliphatic heterocycles. The summed E-state index contributed by atoms with van der Waals surface area (Å²) in [5, 5.41) is 5.55. The third-order valence-corrected chi connectivity index (χ3v) is 8.72. The average Bonchev–Trinajstić information content (AvgIpc) is 3.68. The topological polar surface area (TPSA) is 0 Å². The summed E-state index contributed by atoms with van der Waals surface area (Å²) in [6.07, 6.45) is 4.72. The van der Waals surface area contributed by atoms with Gasteiger partial charge in [-0.1, -0.05) is 164 Å². The van der Waals surface area contributed by atoms with Crippen LogP contribution in [0.3, 0.4) is 0 Å². The maximum atomic E-state index is 4.93. The fourth-order valence-electron chi connectivity index (χ4n) is 6.64. The standard InChI is InChI=1S/2C22H25.C2H6Si.2ClH.Zr/c2*1-5-9-16-14-18-12-13-20(22(2,3)4)21(19(18)15-16)17-10-7-6-8-11-17;1-3-2;;;/h2*6-8,10-15H,5,9H2,1-4H3;1-2H3;2*1H;/q2*-1;;;;+4/p-2. The molecule has 50 heavy (non-hydrogen) atoms. The molecule has 4 heteroatoms.